The first-order valence-corrected chi connectivity index (χ1v) is 11.8. The monoisotopic (exact) mass is 392 g/mol. The van der Waals surface area contributed by atoms with Crippen LogP contribution in [0.4, 0.5) is 0 Å². The molecule has 0 fully saturated rings. The first-order chi connectivity index (χ1) is 13.1. The molecule has 0 heterocycles. The minimum Gasteiger partial charge on any atom is -0.356 e. The molecule has 27 heavy (non-hydrogen) atoms. The zero-order chi connectivity index (χ0) is 19.9. The standard InChI is InChI=1S/C23H40N2OS/c1-5-10-22(11-6-2)27-18-19(4)23(26)25-15-9-14-24-17-21-13-8-12-20(7-3)16-21/h8,12-13,16,19,22,24H,5-7,9-11,14-15,17-18H2,1-4H3,(H,25,26). The number of thioether (sulfide) groups is 1. The highest BCUT2D eigenvalue weighted by Gasteiger charge is 2.15. The van der Waals surface area contributed by atoms with E-state index in [9.17, 15) is 4.79 Å². The summed E-state index contributed by atoms with van der Waals surface area (Å²) in [6, 6.07) is 8.72. The fraction of sp³-hybridized carbons (Fsp3) is 0.696. The van der Waals surface area contributed by atoms with Crippen LogP contribution in [-0.4, -0.2) is 30.0 Å². The van der Waals surface area contributed by atoms with Crippen molar-refractivity contribution in [2.24, 2.45) is 5.92 Å². The lowest BCUT2D eigenvalue weighted by molar-refractivity contribution is -0.123. The van der Waals surface area contributed by atoms with Crippen LogP contribution in [0.3, 0.4) is 0 Å². The minimum atomic E-state index is 0.0935. The molecule has 154 valence electrons. The molecule has 3 nitrogen and oxygen atoms in total. The normalized spacial score (nSPS) is 12.3. The molecule has 0 aliphatic heterocycles. The van der Waals surface area contributed by atoms with Crippen LogP contribution < -0.4 is 10.6 Å². The molecule has 1 amide bonds. The second-order valence-electron chi connectivity index (χ2n) is 7.43. The van der Waals surface area contributed by atoms with Gasteiger partial charge in [0.1, 0.15) is 0 Å². The van der Waals surface area contributed by atoms with Crippen molar-refractivity contribution in [1.82, 2.24) is 10.6 Å². The van der Waals surface area contributed by atoms with Crippen LogP contribution >= 0.6 is 11.8 Å². The van der Waals surface area contributed by atoms with Crippen molar-refractivity contribution in [1.29, 1.82) is 0 Å². The summed E-state index contributed by atoms with van der Waals surface area (Å²) in [4.78, 5) is 12.3. The molecule has 0 spiro atoms. The summed E-state index contributed by atoms with van der Waals surface area (Å²) >= 11 is 1.98. The lowest BCUT2D eigenvalue weighted by Crippen LogP contribution is -2.32. The molecule has 2 N–H and O–H groups in total. The Hall–Kier alpha value is -1.00. The van der Waals surface area contributed by atoms with Gasteiger partial charge in [-0.1, -0.05) is 64.8 Å². The third-order valence-electron chi connectivity index (χ3n) is 4.81. The Morgan fingerprint density at radius 2 is 1.78 bits per heavy atom. The van der Waals surface area contributed by atoms with Crippen molar-refractivity contribution in [3.63, 3.8) is 0 Å². The van der Waals surface area contributed by atoms with Crippen LogP contribution in [0.25, 0.3) is 0 Å². The summed E-state index contributed by atoms with van der Waals surface area (Å²) < 4.78 is 0. The van der Waals surface area contributed by atoms with E-state index < -0.39 is 0 Å². The Kier molecular flexibility index (Phi) is 13.3. The number of rotatable bonds is 15. The van der Waals surface area contributed by atoms with Crippen molar-refractivity contribution in [3.05, 3.63) is 35.4 Å². The molecule has 0 radical (unpaired) electrons. The van der Waals surface area contributed by atoms with Crippen molar-refractivity contribution in [3.8, 4) is 0 Å². The highest BCUT2D eigenvalue weighted by atomic mass is 32.2. The molecule has 0 aromatic heterocycles. The number of aryl methyl sites for hydroxylation is 1. The highest BCUT2D eigenvalue weighted by Crippen LogP contribution is 2.23. The Bertz CT molecular complexity index is 515. The van der Waals surface area contributed by atoms with Gasteiger partial charge in [-0.25, -0.2) is 0 Å². The van der Waals surface area contributed by atoms with E-state index in [-0.39, 0.29) is 11.8 Å². The SMILES string of the molecule is CCCC(CCC)SCC(C)C(=O)NCCCNCc1cccc(CC)c1. The van der Waals surface area contributed by atoms with Gasteiger partial charge in [0.25, 0.3) is 0 Å². The van der Waals surface area contributed by atoms with Crippen LogP contribution in [0.1, 0.15) is 70.9 Å². The van der Waals surface area contributed by atoms with Gasteiger partial charge in [-0.2, -0.15) is 11.8 Å². The van der Waals surface area contributed by atoms with Crippen molar-refractivity contribution in [2.45, 2.75) is 78.0 Å². The topological polar surface area (TPSA) is 41.1 Å². The Labute approximate surface area is 171 Å². The van der Waals surface area contributed by atoms with E-state index in [1.165, 1.54) is 36.8 Å². The zero-order valence-electron chi connectivity index (χ0n) is 17.9. The molecule has 0 saturated heterocycles. The summed E-state index contributed by atoms with van der Waals surface area (Å²) in [5.41, 5.74) is 2.71. The van der Waals surface area contributed by atoms with Crippen LogP contribution in [0.5, 0.6) is 0 Å². The van der Waals surface area contributed by atoms with Gasteiger partial charge in [0.15, 0.2) is 0 Å². The maximum Gasteiger partial charge on any atom is 0.223 e. The maximum atomic E-state index is 12.3. The average molecular weight is 393 g/mol. The maximum absolute atomic E-state index is 12.3. The fourth-order valence-electron chi connectivity index (χ4n) is 3.10. The fourth-order valence-corrected chi connectivity index (χ4v) is 4.62. The summed E-state index contributed by atoms with van der Waals surface area (Å²) in [5, 5.41) is 7.28. The number of carbonyl (C=O) groups is 1. The second kappa shape index (κ2) is 15.0. The van der Waals surface area contributed by atoms with E-state index >= 15 is 0 Å². The third-order valence-corrected chi connectivity index (χ3v) is 6.44. The quantitative estimate of drug-likeness (QED) is 0.404. The van der Waals surface area contributed by atoms with Crippen LogP contribution in [0.15, 0.2) is 24.3 Å². The van der Waals surface area contributed by atoms with Crippen molar-refractivity contribution in [2.75, 3.05) is 18.8 Å². The molecule has 1 aromatic rings. The number of nitrogens with one attached hydrogen (secondary N) is 2. The predicted octanol–water partition coefficient (Wildman–Crippen LogP) is 5.18. The van der Waals surface area contributed by atoms with Crippen molar-refractivity contribution >= 4 is 17.7 Å². The molecule has 1 unspecified atom stereocenters. The van der Waals surface area contributed by atoms with Crippen LogP contribution in [0.2, 0.25) is 0 Å². The van der Waals surface area contributed by atoms with Gasteiger partial charge in [-0.05, 0) is 43.4 Å². The first-order valence-electron chi connectivity index (χ1n) is 10.8. The van der Waals surface area contributed by atoms with Gasteiger partial charge in [0.2, 0.25) is 5.91 Å². The van der Waals surface area contributed by atoms with E-state index in [0.717, 1.165) is 38.2 Å². The predicted molar refractivity (Wildman–Crippen MR) is 120 cm³/mol. The Balaban J connectivity index is 2.13. The van der Waals surface area contributed by atoms with Crippen LogP contribution in [0, 0.1) is 5.92 Å². The lowest BCUT2D eigenvalue weighted by atomic mass is 10.1. The molecule has 1 aromatic carbocycles. The molecule has 1 atom stereocenters. The van der Waals surface area contributed by atoms with Crippen molar-refractivity contribution < 1.29 is 4.79 Å². The summed E-state index contributed by atoms with van der Waals surface area (Å²) in [7, 11) is 0. The Morgan fingerprint density at radius 3 is 2.44 bits per heavy atom. The summed E-state index contributed by atoms with van der Waals surface area (Å²) in [5.74, 6) is 1.23. The highest BCUT2D eigenvalue weighted by molar-refractivity contribution is 7.99. The molecule has 0 aliphatic rings. The number of hydrogen-bond donors (Lipinski definition) is 2. The minimum absolute atomic E-state index is 0.0935. The molecule has 0 bridgehead atoms. The molecule has 0 saturated carbocycles. The average Bonchev–Trinajstić information content (AvgIpc) is 2.68. The van der Waals surface area contributed by atoms with E-state index in [4.69, 9.17) is 0 Å². The molecular weight excluding hydrogens is 352 g/mol. The van der Waals surface area contributed by atoms with Gasteiger partial charge in [0.05, 0.1) is 0 Å². The number of amides is 1. The third kappa shape index (κ3) is 10.8. The van der Waals surface area contributed by atoms with Gasteiger partial charge in [-0.15, -0.1) is 0 Å². The molecule has 0 aliphatic carbocycles. The van der Waals surface area contributed by atoms with E-state index in [1.807, 2.05) is 11.8 Å². The number of hydrogen-bond acceptors (Lipinski definition) is 3. The van der Waals surface area contributed by atoms with E-state index in [2.05, 4.69) is 62.6 Å². The Morgan fingerprint density at radius 1 is 1.07 bits per heavy atom. The first kappa shape index (κ1) is 24.0. The number of carbonyl (C=O) groups excluding carboxylic acids is 1. The van der Waals surface area contributed by atoms with Crippen LogP contribution in [-0.2, 0) is 17.8 Å². The van der Waals surface area contributed by atoms with Gasteiger partial charge >= 0.3 is 0 Å². The molecule has 1 rings (SSSR count). The molecule has 4 heteroatoms. The zero-order valence-corrected chi connectivity index (χ0v) is 18.7. The molecular formula is C23H40N2OS. The second-order valence-corrected chi connectivity index (χ2v) is 8.76. The van der Waals surface area contributed by atoms with E-state index in [1.54, 1.807) is 0 Å². The van der Waals surface area contributed by atoms with Gasteiger partial charge < -0.3 is 10.6 Å². The summed E-state index contributed by atoms with van der Waals surface area (Å²) in [6.07, 6.45) is 7.03. The largest absolute Gasteiger partial charge is 0.356 e. The number of benzene rings is 1. The lowest BCUT2D eigenvalue weighted by Gasteiger charge is -2.18. The summed E-state index contributed by atoms with van der Waals surface area (Å²) in [6.45, 7) is 11.3. The van der Waals surface area contributed by atoms with Gasteiger partial charge in [-0.3, -0.25) is 4.79 Å². The van der Waals surface area contributed by atoms with Gasteiger partial charge in [0, 0.05) is 30.0 Å². The smallest absolute Gasteiger partial charge is 0.223 e. The van der Waals surface area contributed by atoms with E-state index in [0.29, 0.717) is 5.25 Å².